The topological polar surface area (TPSA) is 57.2 Å². The predicted octanol–water partition coefficient (Wildman–Crippen LogP) is 7.52. The number of nitrogens with zero attached hydrogens (tertiary/aromatic N) is 1. The number of carbonyl (C=O) groups excluding carboxylic acids is 1. The lowest BCUT2D eigenvalue weighted by Crippen LogP contribution is -2.61. The minimum atomic E-state index is -2.03. The van der Waals surface area contributed by atoms with Crippen molar-refractivity contribution in [3.63, 3.8) is 0 Å². The number of hydrogen-bond acceptors (Lipinski definition) is 5. The molecule has 0 aliphatic carbocycles. The van der Waals surface area contributed by atoms with Gasteiger partial charge in [-0.25, -0.2) is 4.79 Å². The highest BCUT2D eigenvalue weighted by molar-refractivity contribution is 6.74. The highest BCUT2D eigenvalue weighted by atomic mass is 28.4. The van der Waals surface area contributed by atoms with Gasteiger partial charge in [-0.1, -0.05) is 81.5 Å². The molecule has 0 spiro atoms. The fourth-order valence-electron chi connectivity index (χ4n) is 4.44. The first kappa shape index (κ1) is 30.7. The highest BCUT2D eigenvalue weighted by Crippen LogP contribution is 2.38. The second-order valence-electron chi connectivity index (χ2n) is 11.7. The standard InChI is InChI=1S/C32H45NO5Si/c1-8-20-32(25-36-22-27-16-18-29(35-5)19-17-27)21-12-15-28(24-38-39(6,7)31(2,3)4)33(32)30(34)37-23-26-13-10-9-11-14-26/h8-14,16-19,21,28H,1,15,20,22-25H2,2-7H3/t28-,32+/m1/s1. The average molecular weight is 552 g/mol. The van der Waals surface area contributed by atoms with Crippen molar-refractivity contribution in [2.24, 2.45) is 0 Å². The zero-order valence-electron chi connectivity index (χ0n) is 24.4. The number of hydrogen-bond donors (Lipinski definition) is 0. The first-order valence-electron chi connectivity index (χ1n) is 13.6. The molecular weight excluding hydrogens is 506 g/mol. The molecule has 0 fully saturated rings. The molecule has 2 aromatic carbocycles. The van der Waals surface area contributed by atoms with E-state index in [1.54, 1.807) is 7.11 Å². The first-order chi connectivity index (χ1) is 18.5. The van der Waals surface area contributed by atoms with Gasteiger partial charge in [0.1, 0.15) is 12.4 Å². The number of benzene rings is 2. The Hall–Kier alpha value is -2.87. The van der Waals surface area contributed by atoms with E-state index >= 15 is 0 Å². The Morgan fingerprint density at radius 2 is 1.74 bits per heavy atom. The van der Waals surface area contributed by atoms with Gasteiger partial charge in [-0.05, 0) is 54.2 Å². The number of amides is 1. The summed E-state index contributed by atoms with van der Waals surface area (Å²) in [5.41, 5.74) is 1.24. The van der Waals surface area contributed by atoms with Gasteiger partial charge in [0.2, 0.25) is 0 Å². The van der Waals surface area contributed by atoms with Crippen LogP contribution in [0.2, 0.25) is 18.1 Å². The molecule has 6 nitrogen and oxygen atoms in total. The maximum Gasteiger partial charge on any atom is 0.411 e. The van der Waals surface area contributed by atoms with Gasteiger partial charge in [0.25, 0.3) is 0 Å². The van der Waals surface area contributed by atoms with Crippen LogP contribution in [-0.2, 0) is 27.1 Å². The van der Waals surface area contributed by atoms with Crippen LogP contribution >= 0.6 is 0 Å². The Kier molecular flexibility index (Phi) is 10.6. The third kappa shape index (κ3) is 8.07. The first-order valence-corrected chi connectivity index (χ1v) is 16.6. The number of ether oxygens (including phenoxy) is 3. The zero-order chi connectivity index (χ0) is 28.5. The van der Waals surface area contributed by atoms with E-state index in [1.165, 1.54) is 0 Å². The summed E-state index contributed by atoms with van der Waals surface area (Å²) in [5, 5.41) is 0.0653. The van der Waals surface area contributed by atoms with Gasteiger partial charge < -0.3 is 18.6 Å². The molecular formula is C32H45NO5Si. The predicted molar refractivity (Wildman–Crippen MR) is 159 cm³/mol. The largest absolute Gasteiger partial charge is 0.497 e. The molecule has 0 unspecified atom stereocenters. The van der Waals surface area contributed by atoms with Gasteiger partial charge in [-0.2, -0.15) is 0 Å². The molecule has 2 atom stereocenters. The lowest BCUT2D eigenvalue weighted by Gasteiger charge is -2.48. The van der Waals surface area contributed by atoms with Gasteiger partial charge in [-0.15, -0.1) is 6.58 Å². The van der Waals surface area contributed by atoms with Crippen molar-refractivity contribution in [2.75, 3.05) is 20.3 Å². The second-order valence-corrected chi connectivity index (χ2v) is 16.5. The Balaban J connectivity index is 1.84. The molecule has 0 aromatic heterocycles. The number of rotatable bonds is 12. The lowest BCUT2D eigenvalue weighted by molar-refractivity contribution is -0.0259. The Morgan fingerprint density at radius 3 is 2.36 bits per heavy atom. The smallest absolute Gasteiger partial charge is 0.411 e. The number of carbonyl (C=O) groups is 1. The van der Waals surface area contributed by atoms with E-state index in [4.69, 9.17) is 18.6 Å². The van der Waals surface area contributed by atoms with Gasteiger partial charge in [-0.3, -0.25) is 4.90 Å². The van der Waals surface area contributed by atoms with Crippen molar-refractivity contribution in [2.45, 2.75) is 76.5 Å². The van der Waals surface area contributed by atoms with E-state index in [2.05, 4.69) is 52.6 Å². The van der Waals surface area contributed by atoms with Crippen LogP contribution in [0.15, 0.2) is 79.4 Å². The summed E-state index contributed by atoms with van der Waals surface area (Å²) in [7, 11) is -0.382. The summed E-state index contributed by atoms with van der Waals surface area (Å²) in [5.74, 6) is 0.800. The van der Waals surface area contributed by atoms with Crippen LogP contribution in [0.25, 0.3) is 0 Å². The van der Waals surface area contributed by atoms with E-state index in [0.717, 1.165) is 16.9 Å². The molecule has 1 heterocycles. The van der Waals surface area contributed by atoms with Crippen LogP contribution in [0.4, 0.5) is 4.79 Å². The summed E-state index contributed by atoms with van der Waals surface area (Å²) in [6.45, 7) is 16.5. The zero-order valence-corrected chi connectivity index (χ0v) is 25.4. The van der Waals surface area contributed by atoms with Gasteiger partial charge >= 0.3 is 6.09 Å². The Bertz CT molecular complexity index is 1090. The van der Waals surface area contributed by atoms with Crippen LogP contribution in [0, 0.1) is 0 Å². The molecule has 39 heavy (non-hydrogen) atoms. The molecule has 1 aliphatic heterocycles. The lowest BCUT2D eigenvalue weighted by atomic mass is 9.87. The van der Waals surface area contributed by atoms with E-state index < -0.39 is 13.9 Å². The molecule has 0 saturated carbocycles. The Morgan fingerprint density at radius 1 is 1.08 bits per heavy atom. The molecule has 2 aromatic rings. The average Bonchev–Trinajstić information content (AvgIpc) is 2.91. The monoisotopic (exact) mass is 551 g/mol. The van der Waals surface area contributed by atoms with Crippen LogP contribution in [0.1, 0.15) is 44.7 Å². The summed E-state index contributed by atoms with van der Waals surface area (Å²) in [6, 6.07) is 17.4. The van der Waals surface area contributed by atoms with Crippen LogP contribution in [-0.4, -0.2) is 51.2 Å². The molecule has 1 amide bonds. The minimum absolute atomic E-state index is 0.0653. The second kappa shape index (κ2) is 13.5. The summed E-state index contributed by atoms with van der Waals surface area (Å²) < 4.78 is 24.0. The minimum Gasteiger partial charge on any atom is -0.497 e. The SMILES string of the molecule is C=CC[C@@]1(COCc2ccc(OC)cc2)C=CC[C@H](CO[Si](C)(C)C(C)(C)C)N1C(=O)OCc1ccccc1. The van der Waals surface area contributed by atoms with Crippen LogP contribution in [0.3, 0.4) is 0 Å². The third-order valence-electron chi connectivity index (χ3n) is 7.80. The van der Waals surface area contributed by atoms with Crippen LogP contribution in [0.5, 0.6) is 5.75 Å². The highest BCUT2D eigenvalue weighted by Gasteiger charge is 2.46. The summed E-state index contributed by atoms with van der Waals surface area (Å²) in [6.07, 6.45) is 6.91. The van der Waals surface area contributed by atoms with E-state index in [1.807, 2.05) is 65.6 Å². The van der Waals surface area contributed by atoms with E-state index in [9.17, 15) is 4.79 Å². The van der Waals surface area contributed by atoms with Crippen LogP contribution < -0.4 is 4.74 Å². The number of methoxy groups -OCH3 is 1. The maximum atomic E-state index is 13.8. The fourth-order valence-corrected chi connectivity index (χ4v) is 5.48. The Labute approximate surface area is 235 Å². The van der Waals surface area contributed by atoms with Crippen molar-refractivity contribution in [3.8, 4) is 5.75 Å². The molecule has 1 aliphatic rings. The molecule has 0 N–H and O–H groups in total. The van der Waals surface area contributed by atoms with Gasteiger partial charge in [0.15, 0.2) is 8.32 Å². The molecule has 212 valence electrons. The summed E-state index contributed by atoms with van der Waals surface area (Å²) >= 11 is 0. The van der Waals surface area contributed by atoms with Crippen molar-refractivity contribution >= 4 is 14.4 Å². The molecule has 0 bridgehead atoms. The fraction of sp³-hybridized carbons (Fsp3) is 0.469. The molecule has 7 heteroatoms. The van der Waals surface area contributed by atoms with E-state index in [0.29, 0.717) is 32.7 Å². The van der Waals surface area contributed by atoms with Crippen molar-refractivity contribution in [1.82, 2.24) is 4.90 Å². The quantitative estimate of drug-likeness (QED) is 0.202. The van der Waals surface area contributed by atoms with E-state index in [-0.39, 0.29) is 23.8 Å². The molecule has 3 rings (SSSR count). The summed E-state index contributed by atoms with van der Waals surface area (Å²) in [4.78, 5) is 15.7. The normalized spacial score (nSPS) is 19.5. The van der Waals surface area contributed by atoms with Crippen molar-refractivity contribution in [1.29, 1.82) is 0 Å². The van der Waals surface area contributed by atoms with Gasteiger partial charge in [0, 0.05) is 0 Å². The maximum absolute atomic E-state index is 13.8. The van der Waals surface area contributed by atoms with Crippen molar-refractivity contribution < 1.29 is 23.4 Å². The van der Waals surface area contributed by atoms with Gasteiger partial charge in [0.05, 0.1) is 38.5 Å². The molecule has 0 radical (unpaired) electrons. The molecule has 0 saturated heterocycles. The third-order valence-corrected chi connectivity index (χ3v) is 12.3. The van der Waals surface area contributed by atoms with Crippen molar-refractivity contribution in [3.05, 3.63) is 90.5 Å².